The van der Waals surface area contributed by atoms with Crippen molar-refractivity contribution in [2.45, 2.75) is 17.3 Å². The third-order valence-electron chi connectivity index (χ3n) is 4.53. The molecule has 31 heavy (non-hydrogen) atoms. The Morgan fingerprint density at radius 2 is 1.81 bits per heavy atom. The Bertz CT molecular complexity index is 1010. The molecule has 164 valence electrons. The highest BCUT2D eigenvalue weighted by Crippen LogP contribution is 2.26. The minimum absolute atomic E-state index is 0.0568. The number of benzene rings is 2. The highest BCUT2D eigenvalue weighted by Gasteiger charge is 2.22. The van der Waals surface area contributed by atoms with Crippen LogP contribution < -0.4 is 15.3 Å². The fourth-order valence-corrected chi connectivity index (χ4v) is 3.77. The van der Waals surface area contributed by atoms with Crippen LogP contribution in [0.3, 0.4) is 0 Å². The fourth-order valence-electron chi connectivity index (χ4n) is 2.75. The summed E-state index contributed by atoms with van der Waals surface area (Å²) < 4.78 is 12.2. The van der Waals surface area contributed by atoms with Crippen LogP contribution >= 0.6 is 23.4 Å². The molecule has 1 unspecified atom stereocenters. The van der Waals surface area contributed by atoms with Crippen LogP contribution in [-0.4, -0.2) is 58.2 Å². The van der Waals surface area contributed by atoms with Crippen molar-refractivity contribution in [3.63, 3.8) is 0 Å². The minimum Gasteiger partial charge on any atom is -0.497 e. The van der Waals surface area contributed by atoms with Gasteiger partial charge in [-0.05, 0) is 55.5 Å². The molecule has 0 saturated heterocycles. The van der Waals surface area contributed by atoms with Crippen LogP contribution in [0.25, 0.3) is 11.4 Å². The molecule has 2 aromatic carbocycles. The van der Waals surface area contributed by atoms with Crippen LogP contribution in [0, 0.1) is 0 Å². The van der Waals surface area contributed by atoms with Crippen molar-refractivity contribution in [1.29, 1.82) is 0 Å². The van der Waals surface area contributed by atoms with Gasteiger partial charge in [0.05, 0.1) is 18.9 Å². The zero-order chi connectivity index (χ0) is 22.4. The predicted octanol–water partition coefficient (Wildman–Crippen LogP) is 3.34. The molecule has 1 aromatic heterocycles. The number of nitrogens with two attached hydrogens (primary N) is 1. The van der Waals surface area contributed by atoms with Crippen molar-refractivity contribution in [3.8, 4) is 22.9 Å². The Hall–Kier alpha value is -2.91. The summed E-state index contributed by atoms with van der Waals surface area (Å²) in [5.74, 6) is 8.07. The van der Waals surface area contributed by atoms with Crippen molar-refractivity contribution in [3.05, 3.63) is 53.6 Å². The number of aromatic nitrogens is 3. The van der Waals surface area contributed by atoms with E-state index < -0.39 is 5.25 Å². The van der Waals surface area contributed by atoms with Gasteiger partial charge >= 0.3 is 0 Å². The molecule has 0 radical (unpaired) electrons. The van der Waals surface area contributed by atoms with E-state index in [1.807, 2.05) is 31.2 Å². The van der Waals surface area contributed by atoms with Crippen LogP contribution in [0.2, 0.25) is 5.02 Å². The van der Waals surface area contributed by atoms with Gasteiger partial charge in [0, 0.05) is 17.6 Å². The van der Waals surface area contributed by atoms with E-state index in [-0.39, 0.29) is 5.91 Å². The van der Waals surface area contributed by atoms with E-state index in [1.54, 1.807) is 43.3 Å². The molecule has 3 aromatic rings. The van der Waals surface area contributed by atoms with Gasteiger partial charge in [-0.3, -0.25) is 4.79 Å². The second-order valence-corrected chi connectivity index (χ2v) is 8.47. The molecule has 0 aliphatic carbocycles. The summed E-state index contributed by atoms with van der Waals surface area (Å²) >= 11 is 7.12. The van der Waals surface area contributed by atoms with Gasteiger partial charge in [0.15, 0.2) is 5.82 Å². The smallest absolute Gasteiger partial charge is 0.235 e. The van der Waals surface area contributed by atoms with Gasteiger partial charge in [0.2, 0.25) is 11.1 Å². The Labute approximate surface area is 190 Å². The standard InChI is InChI=1S/C21H24ClN5O3S/c1-14(20(28)26(2)12-13-30-18-10-6-16(22)7-11-18)31-21-25-24-19(27(21)23)15-4-8-17(29-3)9-5-15/h4-11,14H,12-13,23H2,1-3H3. The number of hydrogen-bond donors (Lipinski definition) is 1. The van der Waals surface area contributed by atoms with Crippen LogP contribution in [0.4, 0.5) is 0 Å². The quantitative estimate of drug-likeness (QED) is 0.385. The maximum atomic E-state index is 12.7. The maximum absolute atomic E-state index is 12.7. The largest absolute Gasteiger partial charge is 0.497 e. The SMILES string of the molecule is COc1ccc(-c2nnc(SC(C)C(=O)N(C)CCOc3ccc(Cl)cc3)n2N)cc1. The van der Waals surface area contributed by atoms with E-state index in [0.717, 1.165) is 11.3 Å². The molecular formula is C21H24ClN5O3S. The number of nitrogen functional groups attached to an aromatic ring is 1. The molecular weight excluding hydrogens is 438 g/mol. The Kier molecular flexibility index (Phi) is 7.64. The third-order valence-corrected chi connectivity index (χ3v) is 5.82. The van der Waals surface area contributed by atoms with Gasteiger partial charge in [0.25, 0.3) is 0 Å². The Morgan fingerprint density at radius 3 is 2.45 bits per heavy atom. The molecule has 1 amide bonds. The lowest BCUT2D eigenvalue weighted by atomic mass is 10.2. The van der Waals surface area contributed by atoms with Crippen LogP contribution in [0.15, 0.2) is 53.7 Å². The maximum Gasteiger partial charge on any atom is 0.235 e. The van der Waals surface area contributed by atoms with Crippen molar-refractivity contribution in [1.82, 2.24) is 19.8 Å². The molecule has 3 rings (SSSR count). The van der Waals surface area contributed by atoms with Crippen molar-refractivity contribution in [2.24, 2.45) is 0 Å². The monoisotopic (exact) mass is 461 g/mol. The van der Waals surface area contributed by atoms with Gasteiger partial charge < -0.3 is 20.2 Å². The molecule has 10 heteroatoms. The van der Waals surface area contributed by atoms with Crippen LogP contribution in [0.5, 0.6) is 11.5 Å². The average Bonchev–Trinajstić information content (AvgIpc) is 3.14. The van der Waals surface area contributed by atoms with Crippen molar-refractivity contribution in [2.75, 3.05) is 33.2 Å². The van der Waals surface area contributed by atoms with E-state index in [0.29, 0.717) is 34.9 Å². The number of rotatable bonds is 9. The Morgan fingerprint density at radius 1 is 1.16 bits per heavy atom. The first-order valence-corrected chi connectivity index (χ1v) is 10.8. The van der Waals surface area contributed by atoms with Gasteiger partial charge in [0.1, 0.15) is 18.1 Å². The minimum atomic E-state index is -0.393. The lowest BCUT2D eigenvalue weighted by Crippen LogP contribution is -2.36. The average molecular weight is 462 g/mol. The first-order valence-electron chi connectivity index (χ1n) is 9.54. The summed E-state index contributed by atoms with van der Waals surface area (Å²) in [6.45, 7) is 2.63. The number of hydrogen-bond acceptors (Lipinski definition) is 7. The number of likely N-dealkylation sites (N-methyl/N-ethyl adjacent to an activating group) is 1. The molecule has 0 bridgehead atoms. The summed E-state index contributed by atoms with van der Waals surface area (Å²) in [6, 6.07) is 14.4. The number of carbonyl (C=O) groups excluding carboxylic acids is 1. The number of ether oxygens (including phenoxy) is 2. The summed E-state index contributed by atoms with van der Waals surface area (Å²) in [4.78, 5) is 14.3. The Balaban J connectivity index is 1.55. The molecule has 8 nitrogen and oxygen atoms in total. The fraction of sp³-hybridized carbons (Fsp3) is 0.286. The molecule has 1 atom stereocenters. The van der Waals surface area contributed by atoms with E-state index >= 15 is 0 Å². The molecule has 0 aliphatic heterocycles. The zero-order valence-electron chi connectivity index (χ0n) is 17.5. The number of thioether (sulfide) groups is 1. The van der Waals surface area contributed by atoms with Crippen molar-refractivity contribution < 1.29 is 14.3 Å². The number of methoxy groups -OCH3 is 1. The number of amides is 1. The number of halogens is 1. The summed E-state index contributed by atoms with van der Waals surface area (Å²) in [5, 5.41) is 9.01. The van der Waals surface area contributed by atoms with Gasteiger partial charge in [-0.2, -0.15) is 0 Å². The van der Waals surface area contributed by atoms with E-state index in [9.17, 15) is 4.79 Å². The second-order valence-electron chi connectivity index (χ2n) is 6.73. The van der Waals surface area contributed by atoms with Gasteiger partial charge in [-0.1, -0.05) is 23.4 Å². The lowest BCUT2D eigenvalue weighted by Gasteiger charge is -2.21. The summed E-state index contributed by atoms with van der Waals surface area (Å²) in [7, 11) is 3.34. The highest BCUT2D eigenvalue weighted by molar-refractivity contribution is 8.00. The van der Waals surface area contributed by atoms with Crippen LogP contribution in [0.1, 0.15) is 6.92 Å². The third kappa shape index (κ3) is 5.83. The highest BCUT2D eigenvalue weighted by atomic mass is 35.5. The number of carbonyl (C=O) groups is 1. The van der Waals surface area contributed by atoms with E-state index in [1.165, 1.54) is 16.4 Å². The summed E-state index contributed by atoms with van der Waals surface area (Å²) in [5.41, 5.74) is 0.804. The predicted molar refractivity (Wildman–Crippen MR) is 122 cm³/mol. The molecule has 2 N–H and O–H groups in total. The second kappa shape index (κ2) is 10.4. The lowest BCUT2D eigenvalue weighted by molar-refractivity contribution is -0.129. The topological polar surface area (TPSA) is 95.5 Å². The zero-order valence-corrected chi connectivity index (χ0v) is 19.1. The van der Waals surface area contributed by atoms with Crippen molar-refractivity contribution >= 4 is 29.3 Å². The molecule has 0 spiro atoms. The van der Waals surface area contributed by atoms with Gasteiger partial charge in [-0.25, -0.2) is 4.68 Å². The molecule has 0 aliphatic rings. The van der Waals surface area contributed by atoms with Gasteiger partial charge in [-0.15, -0.1) is 10.2 Å². The summed E-state index contributed by atoms with van der Waals surface area (Å²) in [6.07, 6.45) is 0. The van der Waals surface area contributed by atoms with E-state index in [2.05, 4.69) is 10.2 Å². The first-order chi connectivity index (χ1) is 14.9. The molecule has 1 heterocycles. The van der Waals surface area contributed by atoms with Crippen LogP contribution in [-0.2, 0) is 4.79 Å². The molecule has 0 fully saturated rings. The number of nitrogens with zero attached hydrogens (tertiary/aromatic N) is 4. The first kappa shape index (κ1) is 22.8. The normalized spacial score (nSPS) is 11.7. The molecule has 0 saturated carbocycles. The van der Waals surface area contributed by atoms with E-state index in [4.69, 9.17) is 26.9 Å².